The van der Waals surface area contributed by atoms with Crippen molar-refractivity contribution in [1.82, 2.24) is 0 Å². The van der Waals surface area contributed by atoms with Crippen molar-refractivity contribution in [2.45, 2.75) is 12.8 Å². The zero-order valence-corrected chi connectivity index (χ0v) is 12.0. The fourth-order valence-corrected chi connectivity index (χ4v) is 2.35. The van der Waals surface area contributed by atoms with Crippen molar-refractivity contribution in [2.75, 3.05) is 5.32 Å². The van der Waals surface area contributed by atoms with Crippen LogP contribution in [0.25, 0.3) is 0 Å². The molecule has 1 aliphatic rings. The summed E-state index contributed by atoms with van der Waals surface area (Å²) in [6.07, 6.45) is 2.60. The van der Waals surface area contributed by atoms with Gasteiger partial charge in [0.1, 0.15) is 0 Å². The van der Waals surface area contributed by atoms with E-state index in [9.17, 15) is 0 Å². The minimum atomic E-state index is 1.12. The van der Waals surface area contributed by atoms with Gasteiger partial charge in [0.05, 0.1) is 0 Å². The third-order valence-electron chi connectivity index (χ3n) is 3.62. The molecule has 0 fully saturated rings. The molecule has 0 spiro atoms. The SMILES string of the molecule is c1ccc(Nc2ccccc2)cc1.c1ccc2c(c1)CC2. The predicted octanol–water partition coefficient (Wildman–Crippen LogP) is 5.22. The van der Waals surface area contributed by atoms with Gasteiger partial charge in [0.15, 0.2) is 0 Å². The zero-order valence-electron chi connectivity index (χ0n) is 12.0. The maximum Gasteiger partial charge on any atom is 0.0384 e. The monoisotopic (exact) mass is 273 g/mol. The Hall–Kier alpha value is -2.54. The lowest BCUT2D eigenvalue weighted by Gasteiger charge is -2.16. The fraction of sp³-hybridized carbons (Fsp3) is 0.100. The summed E-state index contributed by atoms with van der Waals surface area (Å²) in [6, 6.07) is 28.9. The molecule has 104 valence electrons. The van der Waals surface area contributed by atoms with E-state index in [0.29, 0.717) is 0 Å². The number of benzene rings is 3. The molecule has 1 nitrogen and oxygen atoms in total. The molecule has 1 N–H and O–H groups in total. The first kappa shape index (κ1) is 13.4. The average Bonchev–Trinajstić information content (AvgIpc) is 2.51. The molecular formula is C20H19N. The van der Waals surface area contributed by atoms with Crippen LogP contribution in [-0.4, -0.2) is 0 Å². The van der Waals surface area contributed by atoms with Gasteiger partial charge in [-0.3, -0.25) is 0 Å². The standard InChI is InChI=1S/C12H11N.C8H8/c1-3-7-11(8-4-1)13-12-9-5-2-6-10-12;1-2-4-8-6-5-7(8)3-1/h1-10,13H;1-4H,5-6H2. The third kappa shape index (κ3) is 3.73. The van der Waals surface area contributed by atoms with Crippen molar-refractivity contribution in [3.8, 4) is 0 Å². The van der Waals surface area contributed by atoms with Crippen LogP contribution in [0.15, 0.2) is 84.9 Å². The molecule has 0 bridgehead atoms. The number of fused-ring (bicyclic) bond motifs is 1. The minimum Gasteiger partial charge on any atom is -0.356 e. The van der Waals surface area contributed by atoms with Crippen molar-refractivity contribution in [1.29, 1.82) is 0 Å². The first-order valence-corrected chi connectivity index (χ1v) is 7.36. The van der Waals surface area contributed by atoms with E-state index in [2.05, 4.69) is 29.6 Å². The summed E-state index contributed by atoms with van der Waals surface area (Å²) in [6.45, 7) is 0. The van der Waals surface area contributed by atoms with Gasteiger partial charge in [-0.1, -0.05) is 60.7 Å². The van der Waals surface area contributed by atoms with Crippen LogP contribution < -0.4 is 5.32 Å². The highest BCUT2D eigenvalue weighted by molar-refractivity contribution is 5.58. The lowest BCUT2D eigenvalue weighted by Crippen LogP contribution is -2.06. The van der Waals surface area contributed by atoms with E-state index in [0.717, 1.165) is 11.4 Å². The number of hydrogen-bond acceptors (Lipinski definition) is 1. The Balaban J connectivity index is 0.000000140. The Morgan fingerprint density at radius 1 is 0.476 bits per heavy atom. The number of aryl methyl sites for hydroxylation is 2. The summed E-state index contributed by atoms with van der Waals surface area (Å²) in [5.41, 5.74) is 5.34. The lowest BCUT2D eigenvalue weighted by atomic mass is 9.89. The molecular weight excluding hydrogens is 254 g/mol. The maximum absolute atomic E-state index is 3.30. The second-order valence-corrected chi connectivity index (χ2v) is 5.13. The molecule has 3 aromatic rings. The van der Waals surface area contributed by atoms with Crippen LogP contribution >= 0.6 is 0 Å². The first-order chi connectivity index (χ1) is 10.4. The topological polar surface area (TPSA) is 12.0 Å². The van der Waals surface area contributed by atoms with Crippen molar-refractivity contribution in [3.63, 3.8) is 0 Å². The highest BCUT2D eigenvalue weighted by Crippen LogP contribution is 2.20. The molecule has 4 rings (SSSR count). The van der Waals surface area contributed by atoms with Gasteiger partial charge in [0, 0.05) is 11.4 Å². The second kappa shape index (κ2) is 6.76. The van der Waals surface area contributed by atoms with Crippen LogP contribution in [0, 0.1) is 0 Å². The molecule has 1 heteroatoms. The molecule has 0 aliphatic heterocycles. The van der Waals surface area contributed by atoms with E-state index in [1.807, 2.05) is 60.7 Å². The van der Waals surface area contributed by atoms with E-state index in [1.54, 1.807) is 11.1 Å². The molecule has 0 heterocycles. The number of para-hydroxylation sites is 2. The summed E-state index contributed by atoms with van der Waals surface area (Å²) in [7, 11) is 0. The first-order valence-electron chi connectivity index (χ1n) is 7.36. The normalized spacial score (nSPS) is 11.4. The van der Waals surface area contributed by atoms with E-state index < -0.39 is 0 Å². The summed E-state index contributed by atoms with van der Waals surface area (Å²) in [5.74, 6) is 0. The molecule has 0 saturated heterocycles. The Labute approximate surface area is 126 Å². The summed E-state index contributed by atoms with van der Waals surface area (Å²) in [5, 5.41) is 3.30. The van der Waals surface area contributed by atoms with Gasteiger partial charge in [0.2, 0.25) is 0 Å². The van der Waals surface area contributed by atoms with Crippen LogP contribution in [0.3, 0.4) is 0 Å². The van der Waals surface area contributed by atoms with E-state index in [1.165, 1.54) is 12.8 Å². The van der Waals surface area contributed by atoms with Gasteiger partial charge in [-0.25, -0.2) is 0 Å². The summed E-state index contributed by atoms with van der Waals surface area (Å²) >= 11 is 0. The van der Waals surface area contributed by atoms with E-state index in [4.69, 9.17) is 0 Å². The average molecular weight is 273 g/mol. The summed E-state index contributed by atoms with van der Waals surface area (Å²) < 4.78 is 0. The third-order valence-corrected chi connectivity index (χ3v) is 3.62. The molecule has 0 atom stereocenters. The zero-order chi connectivity index (χ0) is 14.3. The van der Waals surface area contributed by atoms with Crippen molar-refractivity contribution in [2.24, 2.45) is 0 Å². The van der Waals surface area contributed by atoms with E-state index in [-0.39, 0.29) is 0 Å². The van der Waals surface area contributed by atoms with Gasteiger partial charge in [-0.05, 0) is 48.2 Å². The smallest absolute Gasteiger partial charge is 0.0384 e. The Bertz CT molecular complexity index is 614. The molecule has 21 heavy (non-hydrogen) atoms. The molecule has 0 radical (unpaired) electrons. The molecule has 1 aliphatic carbocycles. The highest BCUT2D eigenvalue weighted by atomic mass is 14.9. The Morgan fingerprint density at radius 2 is 0.857 bits per heavy atom. The largest absolute Gasteiger partial charge is 0.356 e. The van der Waals surface area contributed by atoms with Crippen LogP contribution in [-0.2, 0) is 12.8 Å². The van der Waals surface area contributed by atoms with Gasteiger partial charge >= 0.3 is 0 Å². The van der Waals surface area contributed by atoms with E-state index >= 15 is 0 Å². The number of nitrogens with one attached hydrogen (secondary N) is 1. The molecule has 0 aromatic heterocycles. The van der Waals surface area contributed by atoms with Crippen LogP contribution in [0.1, 0.15) is 11.1 Å². The quantitative estimate of drug-likeness (QED) is 0.675. The van der Waals surface area contributed by atoms with Crippen LogP contribution in [0.5, 0.6) is 0 Å². The molecule has 3 aromatic carbocycles. The van der Waals surface area contributed by atoms with Gasteiger partial charge in [0.25, 0.3) is 0 Å². The number of anilines is 2. The molecule has 0 saturated carbocycles. The van der Waals surface area contributed by atoms with Gasteiger partial charge < -0.3 is 5.32 Å². The number of rotatable bonds is 2. The second-order valence-electron chi connectivity index (χ2n) is 5.13. The number of hydrogen-bond donors (Lipinski definition) is 1. The minimum absolute atomic E-state index is 1.12. The lowest BCUT2D eigenvalue weighted by molar-refractivity contribution is 0.839. The van der Waals surface area contributed by atoms with Gasteiger partial charge in [-0.15, -0.1) is 0 Å². The van der Waals surface area contributed by atoms with Crippen molar-refractivity contribution >= 4 is 11.4 Å². The molecule has 0 unspecified atom stereocenters. The van der Waals surface area contributed by atoms with Crippen LogP contribution in [0.2, 0.25) is 0 Å². The van der Waals surface area contributed by atoms with Crippen molar-refractivity contribution < 1.29 is 0 Å². The Morgan fingerprint density at radius 3 is 1.19 bits per heavy atom. The van der Waals surface area contributed by atoms with Crippen molar-refractivity contribution in [3.05, 3.63) is 96.1 Å². The maximum atomic E-state index is 3.30. The van der Waals surface area contributed by atoms with Crippen LogP contribution in [0.4, 0.5) is 11.4 Å². The molecule has 0 amide bonds. The Kier molecular flexibility index (Phi) is 4.33. The summed E-state index contributed by atoms with van der Waals surface area (Å²) in [4.78, 5) is 0. The highest BCUT2D eigenvalue weighted by Gasteiger charge is 2.09. The predicted molar refractivity (Wildman–Crippen MR) is 90.0 cm³/mol. The fourth-order valence-electron chi connectivity index (χ4n) is 2.35. The van der Waals surface area contributed by atoms with Gasteiger partial charge in [-0.2, -0.15) is 0 Å².